The highest BCUT2D eigenvalue weighted by Crippen LogP contribution is 2.50. The molecule has 0 amide bonds. The van der Waals surface area contributed by atoms with Gasteiger partial charge in [-0.1, -0.05) is 133 Å². The Balaban J connectivity index is 1.43. The minimum atomic E-state index is 1.14. The predicted octanol–water partition coefficient (Wildman–Crippen LogP) is 12.6. The Bertz CT molecular complexity index is 3090. The molecule has 0 bridgehead atoms. The smallest absolute Gasteiger partial charge is 0.0810 e. The summed E-state index contributed by atoms with van der Waals surface area (Å²) in [5.74, 6) is 0. The summed E-state index contributed by atoms with van der Waals surface area (Å²) in [6, 6.07) is 68.2. The maximum absolute atomic E-state index is 2.51. The second kappa shape index (κ2) is 10.8. The molecule has 51 heavy (non-hydrogen) atoms. The molecule has 0 aliphatic carbocycles. The molecule has 0 atom stereocenters. The lowest BCUT2D eigenvalue weighted by Gasteiger charge is -2.14. The van der Waals surface area contributed by atoms with Crippen LogP contribution in [0.3, 0.4) is 0 Å². The lowest BCUT2D eigenvalue weighted by Crippen LogP contribution is -1.99. The van der Waals surface area contributed by atoms with Crippen molar-refractivity contribution in [3.8, 4) is 28.2 Å². The van der Waals surface area contributed by atoms with Crippen LogP contribution in [0.1, 0.15) is 0 Å². The first-order chi connectivity index (χ1) is 25.4. The number of para-hydroxylation sites is 5. The molecule has 0 saturated heterocycles. The number of benzene rings is 8. The average molecular weight is 650 g/mol. The lowest BCUT2D eigenvalue weighted by molar-refractivity contribution is 1.15. The van der Waals surface area contributed by atoms with E-state index in [0.29, 0.717) is 0 Å². The van der Waals surface area contributed by atoms with Gasteiger partial charge in [0.2, 0.25) is 0 Å². The van der Waals surface area contributed by atoms with E-state index < -0.39 is 0 Å². The monoisotopic (exact) mass is 649 g/mol. The van der Waals surface area contributed by atoms with Gasteiger partial charge >= 0.3 is 0 Å². The summed E-state index contributed by atoms with van der Waals surface area (Å²) in [5.41, 5.74) is 13.1. The fourth-order valence-corrected chi connectivity index (χ4v) is 8.54. The molecule has 0 aliphatic rings. The normalized spacial score (nSPS) is 11.9. The van der Waals surface area contributed by atoms with Gasteiger partial charge in [0.05, 0.1) is 33.1 Å². The van der Waals surface area contributed by atoms with Crippen molar-refractivity contribution in [2.45, 2.75) is 0 Å². The largest absolute Gasteiger partial charge is 0.309 e. The summed E-state index contributed by atoms with van der Waals surface area (Å²) in [6.07, 6.45) is 0. The van der Waals surface area contributed by atoms with Crippen molar-refractivity contribution in [3.63, 3.8) is 0 Å². The Morgan fingerprint density at radius 1 is 0.235 bits per heavy atom. The number of rotatable bonds is 4. The summed E-state index contributed by atoms with van der Waals surface area (Å²) in [5, 5.41) is 7.53. The second-order valence-electron chi connectivity index (χ2n) is 13.3. The molecule has 3 aromatic heterocycles. The maximum Gasteiger partial charge on any atom is 0.0810 e. The van der Waals surface area contributed by atoms with Crippen LogP contribution >= 0.6 is 0 Å². The van der Waals surface area contributed by atoms with Crippen LogP contribution in [0.25, 0.3) is 93.6 Å². The van der Waals surface area contributed by atoms with Crippen LogP contribution < -0.4 is 0 Å². The highest BCUT2D eigenvalue weighted by Gasteiger charge is 2.28. The van der Waals surface area contributed by atoms with Crippen LogP contribution in [0.4, 0.5) is 0 Å². The number of nitrogens with zero attached hydrogens (tertiary/aromatic N) is 3. The Morgan fingerprint density at radius 2 is 0.569 bits per heavy atom. The molecule has 3 heteroatoms. The van der Waals surface area contributed by atoms with Crippen molar-refractivity contribution in [1.82, 2.24) is 13.7 Å². The van der Waals surface area contributed by atoms with E-state index >= 15 is 0 Å². The molecule has 238 valence electrons. The Labute approximate surface area is 294 Å². The van der Waals surface area contributed by atoms with E-state index in [2.05, 4.69) is 202 Å². The number of hydrogen-bond acceptors (Lipinski definition) is 0. The summed E-state index contributed by atoms with van der Waals surface area (Å²) in [4.78, 5) is 0. The molecule has 0 aliphatic heterocycles. The second-order valence-corrected chi connectivity index (χ2v) is 13.3. The van der Waals surface area contributed by atoms with Gasteiger partial charge in [0.25, 0.3) is 0 Å². The number of aromatic nitrogens is 3. The van der Waals surface area contributed by atoms with Crippen LogP contribution in [0.2, 0.25) is 0 Å². The zero-order valence-corrected chi connectivity index (χ0v) is 27.7. The summed E-state index contributed by atoms with van der Waals surface area (Å²) < 4.78 is 7.50. The summed E-state index contributed by atoms with van der Waals surface area (Å²) in [7, 11) is 0. The van der Waals surface area contributed by atoms with Crippen molar-refractivity contribution in [3.05, 3.63) is 188 Å². The lowest BCUT2D eigenvalue weighted by atomic mass is 10.0. The molecule has 0 saturated carbocycles. The SMILES string of the molecule is c1ccc(-c2ccc(-n3c4ccccc4c4c5c6ccccc6n(-c6ccccc6)c5c5c6ccccc6n(-c6ccccc6)c5c43)cc2)cc1. The molecule has 0 radical (unpaired) electrons. The summed E-state index contributed by atoms with van der Waals surface area (Å²) in [6.45, 7) is 0. The van der Waals surface area contributed by atoms with E-state index in [1.54, 1.807) is 0 Å². The topological polar surface area (TPSA) is 14.8 Å². The van der Waals surface area contributed by atoms with Gasteiger partial charge in [0.15, 0.2) is 0 Å². The van der Waals surface area contributed by atoms with E-state index in [9.17, 15) is 0 Å². The van der Waals surface area contributed by atoms with E-state index in [0.717, 1.165) is 17.1 Å². The van der Waals surface area contributed by atoms with E-state index in [1.165, 1.54) is 76.5 Å². The summed E-state index contributed by atoms with van der Waals surface area (Å²) >= 11 is 0. The molecule has 0 unspecified atom stereocenters. The van der Waals surface area contributed by atoms with Crippen molar-refractivity contribution >= 4 is 65.4 Å². The molecule has 0 spiro atoms. The van der Waals surface area contributed by atoms with Crippen LogP contribution in [0, 0.1) is 0 Å². The molecule has 3 heterocycles. The highest BCUT2D eigenvalue weighted by atomic mass is 15.1. The van der Waals surface area contributed by atoms with Crippen LogP contribution in [0.15, 0.2) is 188 Å². The zero-order valence-electron chi connectivity index (χ0n) is 27.7. The molecule has 11 rings (SSSR count). The zero-order chi connectivity index (χ0) is 33.5. The molecule has 3 nitrogen and oxygen atoms in total. The number of hydrogen-bond donors (Lipinski definition) is 0. The van der Waals surface area contributed by atoms with Gasteiger partial charge in [-0.2, -0.15) is 0 Å². The molecule has 11 aromatic rings. The van der Waals surface area contributed by atoms with Gasteiger partial charge in [-0.05, 0) is 65.7 Å². The standard InChI is InChI=1S/C48H31N3/c1-4-16-32(17-5-1)33-28-30-36(31-29-33)51-41-26-14-11-23-38(41)44-43-37-22-10-13-25-40(37)49(34-18-6-2-7-19-34)46(43)45-39-24-12-15-27-42(39)50(48(45)47(44)51)35-20-8-3-9-21-35/h1-31H. The minimum absolute atomic E-state index is 1.14. The highest BCUT2D eigenvalue weighted by molar-refractivity contribution is 6.40. The van der Waals surface area contributed by atoms with Crippen molar-refractivity contribution in [2.24, 2.45) is 0 Å². The van der Waals surface area contributed by atoms with Gasteiger partial charge in [-0.3, -0.25) is 0 Å². The van der Waals surface area contributed by atoms with Crippen LogP contribution in [0.5, 0.6) is 0 Å². The minimum Gasteiger partial charge on any atom is -0.309 e. The van der Waals surface area contributed by atoms with Gasteiger partial charge < -0.3 is 13.7 Å². The Kier molecular flexibility index (Phi) is 5.96. The fourth-order valence-electron chi connectivity index (χ4n) is 8.54. The van der Waals surface area contributed by atoms with Crippen molar-refractivity contribution in [2.75, 3.05) is 0 Å². The van der Waals surface area contributed by atoms with Gasteiger partial charge in [0, 0.05) is 49.4 Å². The third-order valence-electron chi connectivity index (χ3n) is 10.6. The molecule has 0 N–H and O–H groups in total. The van der Waals surface area contributed by atoms with Crippen LogP contribution in [-0.2, 0) is 0 Å². The van der Waals surface area contributed by atoms with Gasteiger partial charge in [-0.25, -0.2) is 0 Å². The van der Waals surface area contributed by atoms with Crippen molar-refractivity contribution < 1.29 is 0 Å². The van der Waals surface area contributed by atoms with Crippen LogP contribution in [-0.4, -0.2) is 13.7 Å². The van der Waals surface area contributed by atoms with E-state index in [4.69, 9.17) is 0 Å². The van der Waals surface area contributed by atoms with E-state index in [-0.39, 0.29) is 0 Å². The quantitative estimate of drug-likeness (QED) is 0.180. The molecule has 8 aromatic carbocycles. The first-order valence-corrected chi connectivity index (χ1v) is 17.5. The van der Waals surface area contributed by atoms with Gasteiger partial charge in [-0.15, -0.1) is 0 Å². The first-order valence-electron chi connectivity index (χ1n) is 17.5. The Hall–Kier alpha value is -6.84. The molecular formula is C48H31N3. The molecular weight excluding hydrogens is 619 g/mol. The Morgan fingerprint density at radius 3 is 1.08 bits per heavy atom. The van der Waals surface area contributed by atoms with E-state index in [1.807, 2.05) is 0 Å². The van der Waals surface area contributed by atoms with Gasteiger partial charge in [0.1, 0.15) is 0 Å². The predicted molar refractivity (Wildman–Crippen MR) is 215 cm³/mol. The average Bonchev–Trinajstić information content (AvgIpc) is 3.85. The molecule has 0 fully saturated rings. The number of fused-ring (bicyclic) bond motifs is 12. The maximum atomic E-state index is 2.51. The third-order valence-corrected chi connectivity index (χ3v) is 10.6. The first kappa shape index (κ1) is 28.0. The fraction of sp³-hybridized carbons (Fsp3) is 0. The third kappa shape index (κ3) is 3.94. The van der Waals surface area contributed by atoms with Crippen molar-refractivity contribution in [1.29, 1.82) is 0 Å².